The van der Waals surface area contributed by atoms with Crippen LogP contribution >= 0.6 is 0 Å². The van der Waals surface area contributed by atoms with Crippen molar-refractivity contribution < 1.29 is 14.3 Å². The Bertz CT molecular complexity index is 396. The molecule has 1 aromatic carbocycles. The number of methoxy groups -OCH3 is 1. The molecule has 0 aromatic heterocycles. The van der Waals surface area contributed by atoms with Gasteiger partial charge in [-0.05, 0) is 18.6 Å². The van der Waals surface area contributed by atoms with Crippen LogP contribution in [0.4, 0.5) is 5.69 Å². The van der Waals surface area contributed by atoms with Crippen LogP contribution in [0.25, 0.3) is 0 Å². The van der Waals surface area contributed by atoms with Gasteiger partial charge < -0.3 is 20.5 Å². The van der Waals surface area contributed by atoms with Gasteiger partial charge >= 0.3 is 0 Å². The second-order valence-electron chi connectivity index (χ2n) is 4.26. The molecular weight excluding hydrogens is 244 g/mol. The number of benzene rings is 1. The maximum atomic E-state index is 11.7. The summed E-state index contributed by atoms with van der Waals surface area (Å²) < 4.78 is 10.5. The number of carbonyl (C=O) groups excluding carboxylic acids is 1. The van der Waals surface area contributed by atoms with Gasteiger partial charge in [0.2, 0.25) is 5.91 Å². The zero-order valence-corrected chi connectivity index (χ0v) is 11.5. The summed E-state index contributed by atoms with van der Waals surface area (Å²) in [6.07, 6.45) is 1.14. The van der Waals surface area contributed by atoms with E-state index in [0.29, 0.717) is 31.1 Å². The Kier molecular flexibility index (Phi) is 6.74. The highest BCUT2D eigenvalue weighted by molar-refractivity contribution is 5.76. The van der Waals surface area contributed by atoms with Crippen LogP contribution in [0, 0.1) is 0 Å². The van der Waals surface area contributed by atoms with Gasteiger partial charge in [0, 0.05) is 7.11 Å². The lowest BCUT2D eigenvalue weighted by Gasteiger charge is -2.16. The van der Waals surface area contributed by atoms with Crippen LogP contribution in [-0.2, 0) is 9.53 Å². The van der Waals surface area contributed by atoms with Crippen LogP contribution in [-0.4, -0.2) is 32.3 Å². The quantitative estimate of drug-likeness (QED) is 0.701. The summed E-state index contributed by atoms with van der Waals surface area (Å²) in [5.74, 6) is 0.567. The zero-order valence-electron chi connectivity index (χ0n) is 11.5. The fraction of sp³-hybridized carbons (Fsp3) is 0.500. The maximum absolute atomic E-state index is 11.7. The maximum Gasteiger partial charge on any atom is 0.223 e. The van der Waals surface area contributed by atoms with Crippen molar-refractivity contribution in [3.8, 4) is 5.75 Å². The normalized spacial score (nSPS) is 11.9. The third-order valence-corrected chi connectivity index (χ3v) is 2.73. The molecule has 0 aliphatic rings. The number of amides is 1. The van der Waals surface area contributed by atoms with Crippen molar-refractivity contribution in [2.45, 2.75) is 25.8 Å². The first-order chi connectivity index (χ1) is 9.17. The predicted octanol–water partition coefficient (Wildman–Crippen LogP) is 1.58. The second-order valence-corrected chi connectivity index (χ2v) is 4.26. The highest BCUT2D eigenvalue weighted by atomic mass is 16.5. The molecule has 0 aliphatic heterocycles. The number of hydrogen-bond acceptors (Lipinski definition) is 4. The Hall–Kier alpha value is -1.75. The Morgan fingerprint density at radius 2 is 2.16 bits per heavy atom. The molecule has 1 aromatic rings. The number of anilines is 1. The smallest absolute Gasteiger partial charge is 0.223 e. The minimum absolute atomic E-state index is 0.0431. The molecule has 3 N–H and O–H groups in total. The molecule has 19 heavy (non-hydrogen) atoms. The Balaban J connectivity index is 2.29. The predicted molar refractivity (Wildman–Crippen MR) is 75.1 cm³/mol. The number of nitrogen functional groups attached to an aromatic ring is 1. The third-order valence-electron chi connectivity index (χ3n) is 2.73. The van der Waals surface area contributed by atoms with E-state index in [9.17, 15) is 4.79 Å². The van der Waals surface area contributed by atoms with Gasteiger partial charge in [-0.3, -0.25) is 4.79 Å². The van der Waals surface area contributed by atoms with E-state index in [1.807, 2.05) is 19.1 Å². The summed E-state index contributed by atoms with van der Waals surface area (Å²) in [5.41, 5.74) is 6.31. The van der Waals surface area contributed by atoms with E-state index < -0.39 is 0 Å². The fourth-order valence-corrected chi connectivity index (χ4v) is 1.63. The molecule has 1 unspecified atom stereocenters. The number of hydrogen-bond donors (Lipinski definition) is 2. The average molecular weight is 266 g/mol. The number of para-hydroxylation sites is 2. The zero-order chi connectivity index (χ0) is 14.1. The van der Waals surface area contributed by atoms with Crippen molar-refractivity contribution in [1.29, 1.82) is 0 Å². The molecule has 0 saturated heterocycles. The Morgan fingerprint density at radius 1 is 1.42 bits per heavy atom. The van der Waals surface area contributed by atoms with Crippen LogP contribution in [0.5, 0.6) is 5.75 Å². The summed E-state index contributed by atoms with van der Waals surface area (Å²) in [4.78, 5) is 11.7. The highest BCUT2D eigenvalue weighted by Crippen LogP contribution is 2.19. The average Bonchev–Trinajstić information content (AvgIpc) is 2.40. The van der Waals surface area contributed by atoms with E-state index in [4.69, 9.17) is 15.2 Å². The number of ether oxygens (including phenoxy) is 2. The lowest BCUT2D eigenvalue weighted by atomic mass is 10.2. The van der Waals surface area contributed by atoms with Crippen LogP contribution in [0.15, 0.2) is 24.3 Å². The number of nitrogens with two attached hydrogens (primary N) is 1. The number of rotatable bonds is 8. The third kappa shape index (κ3) is 5.61. The van der Waals surface area contributed by atoms with Crippen molar-refractivity contribution in [2.24, 2.45) is 0 Å². The summed E-state index contributed by atoms with van der Waals surface area (Å²) in [5, 5.41) is 2.89. The number of nitrogens with one attached hydrogen (secondary N) is 1. The summed E-state index contributed by atoms with van der Waals surface area (Å²) in [6.45, 7) is 2.84. The Morgan fingerprint density at radius 3 is 2.79 bits per heavy atom. The van der Waals surface area contributed by atoms with Gasteiger partial charge in [0.25, 0.3) is 0 Å². The van der Waals surface area contributed by atoms with Crippen molar-refractivity contribution in [3.63, 3.8) is 0 Å². The van der Waals surface area contributed by atoms with Crippen LogP contribution < -0.4 is 15.8 Å². The largest absolute Gasteiger partial charge is 0.491 e. The molecule has 0 saturated carbocycles. The van der Waals surface area contributed by atoms with Gasteiger partial charge in [-0.2, -0.15) is 0 Å². The molecule has 0 heterocycles. The molecule has 1 atom stereocenters. The minimum Gasteiger partial charge on any atom is -0.491 e. The SMILES string of the molecule is CCC(COC)NC(=O)CCOc1ccccc1N. The van der Waals surface area contributed by atoms with Crippen molar-refractivity contribution in [2.75, 3.05) is 26.1 Å². The molecule has 106 valence electrons. The molecule has 1 amide bonds. The van der Waals surface area contributed by atoms with E-state index in [0.717, 1.165) is 6.42 Å². The summed E-state index contributed by atoms with van der Waals surface area (Å²) in [6, 6.07) is 7.29. The van der Waals surface area contributed by atoms with E-state index in [-0.39, 0.29) is 11.9 Å². The van der Waals surface area contributed by atoms with Crippen LogP contribution in [0.3, 0.4) is 0 Å². The molecule has 1 rings (SSSR count). The molecule has 0 radical (unpaired) electrons. The Labute approximate surface area is 114 Å². The van der Waals surface area contributed by atoms with Crippen LogP contribution in [0.1, 0.15) is 19.8 Å². The van der Waals surface area contributed by atoms with Gasteiger partial charge in [-0.15, -0.1) is 0 Å². The lowest BCUT2D eigenvalue weighted by Crippen LogP contribution is -2.38. The standard InChI is InChI=1S/C14H22N2O3/c1-3-11(10-18-2)16-14(17)8-9-19-13-7-5-4-6-12(13)15/h4-7,11H,3,8-10,15H2,1-2H3,(H,16,17). The van der Waals surface area contributed by atoms with Gasteiger partial charge in [0.15, 0.2) is 0 Å². The summed E-state index contributed by atoms with van der Waals surface area (Å²) in [7, 11) is 1.62. The monoisotopic (exact) mass is 266 g/mol. The van der Waals surface area contributed by atoms with Gasteiger partial charge in [0.05, 0.1) is 31.4 Å². The molecule has 0 fully saturated rings. The fourth-order valence-electron chi connectivity index (χ4n) is 1.63. The lowest BCUT2D eigenvalue weighted by molar-refractivity contribution is -0.122. The molecular formula is C14H22N2O3. The topological polar surface area (TPSA) is 73.6 Å². The first-order valence-electron chi connectivity index (χ1n) is 6.43. The molecule has 0 bridgehead atoms. The summed E-state index contributed by atoms with van der Waals surface area (Å²) >= 11 is 0. The van der Waals surface area contributed by atoms with E-state index in [1.54, 1.807) is 19.2 Å². The van der Waals surface area contributed by atoms with Crippen molar-refractivity contribution in [3.05, 3.63) is 24.3 Å². The minimum atomic E-state index is -0.0431. The number of carbonyl (C=O) groups is 1. The van der Waals surface area contributed by atoms with Gasteiger partial charge in [0.1, 0.15) is 5.75 Å². The van der Waals surface area contributed by atoms with E-state index >= 15 is 0 Å². The first kappa shape index (κ1) is 15.3. The second kappa shape index (κ2) is 8.37. The van der Waals surface area contributed by atoms with Gasteiger partial charge in [-0.1, -0.05) is 19.1 Å². The van der Waals surface area contributed by atoms with Crippen LogP contribution in [0.2, 0.25) is 0 Å². The molecule has 0 spiro atoms. The highest BCUT2D eigenvalue weighted by Gasteiger charge is 2.10. The molecule has 5 nitrogen and oxygen atoms in total. The molecule has 0 aliphatic carbocycles. The van der Waals surface area contributed by atoms with E-state index in [2.05, 4.69) is 5.32 Å². The molecule has 5 heteroatoms. The van der Waals surface area contributed by atoms with E-state index in [1.165, 1.54) is 0 Å². The van der Waals surface area contributed by atoms with Crippen molar-refractivity contribution >= 4 is 11.6 Å². The van der Waals surface area contributed by atoms with Crippen molar-refractivity contribution in [1.82, 2.24) is 5.32 Å². The van der Waals surface area contributed by atoms with Gasteiger partial charge in [-0.25, -0.2) is 0 Å². The first-order valence-corrected chi connectivity index (χ1v) is 6.43.